The van der Waals surface area contributed by atoms with Crippen LogP contribution in [0.3, 0.4) is 0 Å². The number of carbonyl (C=O) groups excluding carboxylic acids is 3. The molecular formula is C17H18N2O5S. The molecule has 1 N–H and O–H groups in total. The molecule has 0 bridgehead atoms. The minimum absolute atomic E-state index is 0.148. The molecule has 1 amide bonds. The van der Waals surface area contributed by atoms with Gasteiger partial charge in [0.2, 0.25) is 0 Å². The van der Waals surface area contributed by atoms with Crippen LogP contribution in [0.1, 0.15) is 49.9 Å². The average molecular weight is 362 g/mol. The highest BCUT2D eigenvalue weighted by atomic mass is 32.1. The van der Waals surface area contributed by atoms with Crippen molar-refractivity contribution >= 4 is 34.3 Å². The summed E-state index contributed by atoms with van der Waals surface area (Å²) in [5, 5.41) is 2.85. The second-order valence-electron chi connectivity index (χ2n) is 5.38. The second kappa shape index (κ2) is 7.89. The molecule has 1 heterocycles. The number of amides is 1. The van der Waals surface area contributed by atoms with Gasteiger partial charge in [-0.3, -0.25) is 10.1 Å². The summed E-state index contributed by atoms with van der Waals surface area (Å²) in [5.74, 6) is -1.61. The lowest BCUT2D eigenvalue weighted by atomic mass is 10.1. The molecule has 0 spiro atoms. The number of aromatic nitrogens is 1. The van der Waals surface area contributed by atoms with Crippen molar-refractivity contribution in [1.82, 2.24) is 4.98 Å². The summed E-state index contributed by atoms with van der Waals surface area (Å²) < 4.78 is 9.82. The normalized spacial score (nSPS) is 10.4. The van der Waals surface area contributed by atoms with Crippen molar-refractivity contribution in [2.45, 2.75) is 26.9 Å². The van der Waals surface area contributed by atoms with Gasteiger partial charge in [-0.05, 0) is 32.9 Å². The summed E-state index contributed by atoms with van der Waals surface area (Å²) in [5.41, 5.74) is 0.774. The number of nitrogens with one attached hydrogen (secondary N) is 1. The van der Waals surface area contributed by atoms with Gasteiger partial charge in [-0.1, -0.05) is 23.5 Å². The van der Waals surface area contributed by atoms with Crippen LogP contribution in [0.5, 0.6) is 0 Å². The van der Waals surface area contributed by atoms with Crippen LogP contribution in [0, 0.1) is 6.92 Å². The summed E-state index contributed by atoms with van der Waals surface area (Å²) in [7, 11) is 1.24. The van der Waals surface area contributed by atoms with E-state index in [4.69, 9.17) is 4.74 Å². The molecule has 0 atom stereocenters. The summed E-state index contributed by atoms with van der Waals surface area (Å²) in [6.45, 7) is 5.16. The van der Waals surface area contributed by atoms with Gasteiger partial charge in [-0.2, -0.15) is 0 Å². The number of hydrogen-bond acceptors (Lipinski definition) is 7. The Morgan fingerprint density at radius 3 is 2.36 bits per heavy atom. The Morgan fingerprint density at radius 1 is 1.12 bits per heavy atom. The number of hydrogen-bond donors (Lipinski definition) is 1. The van der Waals surface area contributed by atoms with E-state index in [9.17, 15) is 14.4 Å². The maximum atomic E-state index is 12.5. The Hall–Kier alpha value is -2.74. The van der Waals surface area contributed by atoms with E-state index in [1.165, 1.54) is 19.2 Å². The lowest BCUT2D eigenvalue weighted by Gasteiger charge is -2.07. The maximum absolute atomic E-state index is 12.5. The molecule has 0 aliphatic heterocycles. The number of nitrogens with zero attached hydrogens (tertiary/aromatic N) is 1. The van der Waals surface area contributed by atoms with E-state index in [1.807, 2.05) is 0 Å². The molecular weight excluding hydrogens is 344 g/mol. The molecule has 1 aromatic carbocycles. The zero-order valence-corrected chi connectivity index (χ0v) is 15.1. The smallest absolute Gasteiger partial charge is 0.350 e. The third-order valence-corrected chi connectivity index (χ3v) is 4.18. The van der Waals surface area contributed by atoms with Gasteiger partial charge in [0.05, 0.1) is 30.0 Å². The first-order valence-corrected chi connectivity index (χ1v) is 8.32. The third-order valence-electron chi connectivity index (χ3n) is 3.12. The van der Waals surface area contributed by atoms with Crippen molar-refractivity contribution in [1.29, 1.82) is 0 Å². The molecule has 0 radical (unpaired) electrons. The number of anilines is 1. The molecule has 1 aromatic heterocycles. The van der Waals surface area contributed by atoms with Gasteiger partial charge in [0.1, 0.15) is 4.88 Å². The molecule has 7 nitrogen and oxygen atoms in total. The highest BCUT2D eigenvalue weighted by molar-refractivity contribution is 7.17. The fourth-order valence-corrected chi connectivity index (χ4v) is 2.88. The predicted molar refractivity (Wildman–Crippen MR) is 93.1 cm³/mol. The minimum Gasteiger partial charge on any atom is -0.465 e. The van der Waals surface area contributed by atoms with Gasteiger partial charge in [0.15, 0.2) is 5.13 Å². The van der Waals surface area contributed by atoms with Crippen molar-refractivity contribution in [3.63, 3.8) is 0 Å². The highest BCUT2D eigenvalue weighted by Gasteiger charge is 2.21. The topological polar surface area (TPSA) is 94.6 Å². The molecule has 2 rings (SSSR count). The number of methoxy groups -OCH3 is 1. The SMILES string of the molecule is COC(=O)c1ccccc1C(=O)Nc1nc(C)c(C(=O)OC(C)C)s1. The first-order valence-electron chi connectivity index (χ1n) is 7.50. The quantitative estimate of drug-likeness (QED) is 0.822. The predicted octanol–water partition coefficient (Wildman–Crippen LogP) is 3.06. The van der Waals surface area contributed by atoms with Crippen molar-refractivity contribution < 1.29 is 23.9 Å². The van der Waals surface area contributed by atoms with Gasteiger partial charge >= 0.3 is 11.9 Å². The molecule has 25 heavy (non-hydrogen) atoms. The molecule has 2 aromatic rings. The molecule has 8 heteroatoms. The number of carbonyl (C=O) groups is 3. The number of rotatable bonds is 5. The van der Waals surface area contributed by atoms with Gasteiger partial charge in [0, 0.05) is 0 Å². The zero-order chi connectivity index (χ0) is 18.6. The molecule has 0 aliphatic carbocycles. The molecule has 0 saturated carbocycles. The van der Waals surface area contributed by atoms with Crippen molar-refractivity contribution in [3.8, 4) is 0 Å². The van der Waals surface area contributed by atoms with Gasteiger partial charge in [0.25, 0.3) is 5.91 Å². The number of ether oxygens (including phenoxy) is 2. The summed E-state index contributed by atoms with van der Waals surface area (Å²) in [6, 6.07) is 6.28. The Balaban J connectivity index is 2.22. The zero-order valence-electron chi connectivity index (χ0n) is 14.3. The Labute approximate surface area is 149 Å². The van der Waals surface area contributed by atoms with E-state index in [0.717, 1.165) is 11.3 Å². The second-order valence-corrected chi connectivity index (χ2v) is 6.38. The Morgan fingerprint density at radius 2 is 1.76 bits per heavy atom. The maximum Gasteiger partial charge on any atom is 0.350 e. The lowest BCUT2D eigenvalue weighted by molar-refractivity contribution is 0.0382. The number of aryl methyl sites for hydroxylation is 1. The van der Waals surface area contributed by atoms with Gasteiger partial charge < -0.3 is 9.47 Å². The first-order chi connectivity index (χ1) is 11.8. The molecule has 0 saturated heterocycles. The van der Waals surface area contributed by atoms with Crippen molar-refractivity contribution in [2.24, 2.45) is 0 Å². The average Bonchev–Trinajstić information content (AvgIpc) is 2.93. The van der Waals surface area contributed by atoms with E-state index >= 15 is 0 Å². The Kier molecular flexibility index (Phi) is 5.87. The van der Waals surface area contributed by atoms with Crippen molar-refractivity contribution in [2.75, 3.05) is 12.4 Å². The van der Waals surface area contributed by atoms with Crippen LogP contribution < -0.4 is 5.32 Å². The van der Waals surface area contributed by atoms with Crippen LogP contribution in [-0.2, 0) is 9.47 Å². The monoisotopic (exact) mass is 362 g/mol. The number of thiazole rings is 1. The highest BCUT2D eigenvalue weighted by Crippen LogP contribution is 2.24. The Bertz CT molecular complexity index is 813. The van der Waals surface area contributed by atoms with Gasteiger partial charge in [-0.25, -0.2) is 14.6 Å². The van der Waals surface area contributed by atoms with Crippen LogP contribution in [0.25, 0.3) is 0 Å². The van der Waals surface area contributed by atoms with E-state index in [-0.39, 0.29) is 22.4 Å². The molecule has 0 fully saturated rings. The van der Waals surface area contributed by atoms with Crippen LogP contribution in [0.2, 0.25) is 0 Å². The van der Waals surface area contributed by atoms with Crippen LogP contribution in [0.4, 0.5) is 5.13 Å². The van der Waals surface area contributed by atoms with Crippen LogP contribution in [0.15, 0.2) is 24.3 Å². The summed E-state index contributed by atoms with van der Waals surface area (Å²) >= 11 is 1.02. The van der Waals surface area contributed by atoms with E-state index in [0.29, 0.717) is 10.6 Å². The summed E-state index contributed by atoms with van der Waals surface area (Å²) in [4.78, 5) is 40.7. The first kappa shape index (κ1) is 18.6. The fraction of sp³-hybridized carbons (Fsp3) is 0.294. The number of benzene rings is 1. The van der Waals surface area contributed by atoms with Crippen LogP contribution in [-0.4, -0.2) is 36.0 Å². The van der Waals surface area contributed by atoms with Gasteiger partial charge in [-0.15, -0.1) is 0 Å². The van der Waals surface area contributed by atoms with Crippen LogP contribution >= 0.6 is 11.3 Å². The fourth-order valence-electron chi connectivity index (χ4n) is 2.04. The van der Waals surface area contributed by atoms with E-state index in [1.54, 1.807) is 32.9 Å². The van der Waals surface area contributed by atoms with E-state index < -0.39 is 17.8 Å². The standard InChI is InChI=1S/C17H18N2O5S/c1-9(2)24-16(22)13-10(3)18-17(25-13)19-14(20)11-7-5-6-8-12(11)15(21)23-4/h5-9H,1-4H3,(H,18,19,20). The lowest BCUT2D eigenvalue weighted by Crippen LogP contribution is -2.17. The largest absolute Gasteiger partial charge is 0.465 e. The molecule has 0 unspecified atom stereocenters. The van der Waals surface area contributed by atoms with E-state index in [2.05, 4.69) is 15.0 Å². The minimum atomic E-state index is -0.609. The summed E-state index contributed by atoms with van der Waals surface area (Å²) in [6.07, 6.45) is -0.251. The molecule has 132 valence electrons. The van der Waals surface area contributed by atoms with Crippen molar-refractivity contribution in [3.05, 3.63) is 46.0 Å². The third kappa shape index (κ3) is 4.42. The molecule has 0 aliphatic rings. The number of esters is 2.